The average Bonchev–Trinajstić information content (AvgIpc) is 3.80. The number of fused-ring (bicyclic) bond motifs is 9. The van der Waals surface area contributed by atoms with Crippen LogP contribution in [0.5, 0.6) is 0 Å². The zero-order valence-electron chi connectivity index (χ0n) is 29.2. The predicted molar refractivity (Wildman–Crippen MR) is 225 cm³/mol. The number of hydrogen-bond donors (Lipinski definition) is 0. The van der Waals surface area contributed by atoms with Gasteiger partial charge in [-0.2, -0.15) is 0 Å². The molecule has 0 amide bonds. The molecule has 2 heterocycles. The van der Waals surface area contributed by atoms with Crippen molar-refractivity contribution in [1.82, 2.24) is 0 Å². The highest BCUT2D eigenvalue weighted by atomic mass is 16.3. The number of hydrogen-bond acceptors (Lipinski definition) is 4. The van der Waals surface area contributed by atoms with Crippen LogP contribution >= 0.6 is 0 Å². The molecule has 0 aliphatic carbocycles. The van der Waals surface area contributed by atoms with E-state index in [2.05, 4.69) is 180 Å². The Kier molecular flexibility index (Phi) is 6.82. The Morgan fingerprint density at radius 2 is 0.815 bits per heavy atom. The van der Waals surface area contributed by atoms with Crippen LogP contribution in [0.4, 0.5) is 34.1 Å². The van der Waals surface area contributed by atoms with Gasteiger partial charge in [0, 0.05) is 44.6 Å². The van der Waals surface area contributed by atoms with Crippen molar-refractivity contribution in [3.05, 3.63) is 194 Å². The van der Waals surface area contributed by atoms with Gasteiger partial charge in [0.1, 0.15) is 22.3 Å². The van der Waals surface area contributed by atoms with Gasteiger partial charge in [-0.1, -0.05) is 103 Å². The van der Waals surface area contributed by atoms with E-state index in [9.17, 15) is 0 Å². The van der Waals surface area contributed by atoms with Gasteiger partial charge >= 0.3 is 0 Å². The third-order valence-corrected chi connectivity index (χ3v) is 10.6. The number of nitrogens with zero attached hydrogens (tertiary/aromatic N) is 2. The lowest BCUT2D eigenvalue weighted by Gasteiger charge is -2.30. The molecule has 11 rings (SSSR count). The van der Waals surface area contributed by atoms with E-state index in [0.717, 1.165) is 83.4 Å². The van der Waals surface area contributed by atoms with Crippen molar-refractivity contribution in [3.63, 3.8) is 0 Å². The summed E-state index contributed by atoms with van der Waals surface area (Å²) >= 11 is 0. The SMILES string of the molecule is c1ccc(N(c2cccc(N(c3ccccc3)c3cccc4oc5ccccc5c34)c2)c2ccc3ccc4cc5oc6ccccc6c5cc4c3c2)cc1. The Hall–Kier alpha value is -7.30. The number of benzene rings is 9. The van der Waals surface area contributed by atoms with Gasteiger partial charge in [-0.25, -0.2) is 0 Å². The molecule has 4 heteroatoms. The minimum absolute atomic E-state index is 0.862. The fourth-order valence-electron chi connectivity index (χ4n) is 8.14. The lowest BCUT2D eigenvalue weighted by atomic mass is 9.99. The second-order valence-electron chi connectivity index (χ2n) is 13.7. The molecule has 0 atom stereocenters. The Morgan fingerprint density at radius 1 is 0.278 bits per heavy atom. The van der Waals surface area contributed by atoms with Crippen molar-refractivity contribution in [3.8, 4) is 0 Å². The molecule has 0 radical (unpaired) electrons. The molecule has 0 bridgehead atoms. The second kappa shape index (κ2) is 12.1. The van der Waals surface area contributed by atoms with Crippen molar-refractivity contribution in [2.45, 2.75) is 0 Å². The van der Waals surface area contributed by atoms with Crippen LogP contribution in [-0.2, 0) is 0 Å². The Labute approximate surface area is 311 Å². The molecule has 0 saturated heterocycles. The topological polar surface area (TPSA) is 32.8 Å². The van der Waals surface area contributed by atoms with Crippen molar-refractivity contribution in [1.29, 1.82) is 0 Å². The van der Waals surface area contributed by atoms with E-state index < -0.39 is 0 Å². The summed E-state index contributed by atoms with van der Waals surface area (Å²) < 4.78 is 12.6. The minimum Gasteiger partial charge on any atom is -0.456 e. The summed E-state index contributed by atoms with van der Waals surface area (Å²) in [5.41, 5.74) is 9.91. The van der Waals surface area contributed by atoms with E-state index >= 15 is 0 Å². The maximum absolute atomic E-state index is 6.36. The minimum atomic E-state index is 0.862. The van der Waals surface area contributed by atoms with Gasteiger partial charge in [0.2, 0.25) is 0 Å². The summed E-state index contributed by atoms with van der Waals surface area (Å²) in [6.45, 7) is 0. The first-order valence-corrected chi connectivity index (χ1v) is 18.3. The predicted octanol–water partition coefficient (Wildman–Crippen LogP) is 14.7. The fraction of sp³-hybridized carbons (Fsp3) is 0. The molecule has 0 fully saturated rings. The van der Waals surface area contributed by atoms with E-state index in [0.29, 0.717) is 0 Å². The molecule has 0 saturated carbocycles. The van der Waals surface area contributed by atoms with Gasteiger partial charge in [0.05, 0.1) is 11.1 Å². The molecule has 9 aromatic carbocycles. The normalized spacial score (nSPS) is 11.7. The molecule has 2 aromatic heterocycles. The summed E-state index contributed by atoms with van der Waals surface area (Å²) in [4.78, 5) is 4.69. The maximum atomic E-state index is 6.36. The third-order valence-electron chi connectivity index (χ3n) is 10.6. The molecule has 0 unspecified atom stereocenters. The lowest BCUT2D eigenvalue weighted by Crippen LogP contribution is -2.13. The van der Waals surface area contributed by atoms with E-state index in [1.165, 1.54) is 16.2 Å². The Morgan fingerprint density at radius 3 is 1.61 bits per heavy atom. The van der Waals surface area contributed by atoms with E-state index in [1.807, 2.05) is 24.3 Å². The van der Waals surface area contributed by atoms with E-state index in [-0.39, 0.29) is 0 Å². The van der Waals surface area contributed by atoms with Crippen molar-refractivity contribution >= 4 is 99.5 Å². The number of rotatable bonds is 6. The molecule has 0 spiro atoms. The first kappa shape index (κ1) is 30.3. The quantitative estimate of drug-likeness (QED) is 0.162. The average molecular weight is 693 g/mol. The molecule has 54 heavy (non-hydrogen) atoms. The highest BCUT2D eigenvalue weighted by Crippen LogP contribution is 2.45. The standard InChI is InChI=1S/C50H32N2O2/c1-3-13-35(14-4-1)51(39-28-27-33-25-26-34-29-49-44(32-43(34)42(33)31-39)40-19-7-9-22-46(40)54-49)37-17-11-18-38(30-37)52(36-15-5-2-6-16-36)45-21-12-24-48-50(45)41-20-8-10-23-47(41)53-48/h1-32H. The lowest BCUT2D eigenvalue weighted by molar-refractivity contribution is 0.669. The second-order valence-corrected chi connectivity index (χ2v) is 13.7. The molecule has 11 aromatic rings. The highest BCUT2D eigenvalue weighted by Gasteiger charge is 2.21. The number of para-hydroxylation sites is 4. The van der Waals surface area contributed by atoms with Crippen LogP contribution in [0, 0.1) is 0 Å². The van der Waals surface area contributed by atoms with Gasteiger partial charge in [-0.15, -0.1) is 0 Å². The summed E-state index contributed by atoms with van der Waals surface area (Å²) in [7, 11) is 0. The van der Waals surface area contributed by atoms with Gasteiger partial charge in [0.25, 0.3) is 0 Å². The first-order chi connectivity index (χ1) is 26.8. The van der Waals surface area contributed by atoms with E-state index in [4.69, 9.17) is 8.83 Å². The fourth-order valence-corrected chi connectivity index (χ4v) is 8.14. The molecular formula is C50H32N2O2. The Bertz CT molecular complexity index is 3180. The summed E-state index contributed by atoms with van der Waals surface area (Å²) in [6.07, 6.45) is 0. The highest BCUT2D eigenvalue weighted by molar-refractivity contribution is 6.17. The van der Waals surface area contributed by atoms with Gasteiger partial charge in [-0.3, -0.25) is 0 Å². The first-order valence-electron chi connectivity index (χ1n) is 18.3. The number of anilines is 6. The molecule has 4 nitrogen and oxygen atoms in total. The van der Waals surface area contributed by atoms with Gasteiger partial charge in [-0.05, 0) is 113 Å². The van der Waals surface area contributed by atoms with Crippen LogP contribution < -0.4 is 9.80 Å². The molecular weight excluding hydrogens is 661 g/mol. The van der Waals surface area contributed by atoms with Gasteiger partial charge in [0.15, 0.2) is 0 Å². The van der Waals surface area contributed by atoms with Crippen molar-refractivity contribution < 1.29 is 8.83 Å². The van der Waals surface area contributed by atoms with Crippen LogP contribution in [0.2, 0.25) is 0 Å². The smallest absolute Gasteiger partial charge is 0.137 e. The van der Waals surface area contributed by atoms with Crippen LogP contribution in [-0.4, -0.2) is 0 Å². The maximum Gasteiger partial charge on any atom is 0.137 e. The van der Waals surface area contributed by atoms with Crippen molar-refractivity contribution in [2.75, 3.05) is 9.80 Å². The number of furan rings is 2. The monoisotopic (exact) mass is 692 g/mol. The third kappa shape index (κ3) is 4.85. The van der Waals surface area contributed by atoms with Crippen LogP contribution in [0.3, 0.4) is 0 Å². The molecule has 0 aliphatic rings. The van der Waals surface area contributed by atoms with Crippen LogP contribution in [0.15, 0.2) is 203 Å². The summed E-state index contributed by atoms with van der Waals surface area (Å²) in [5, 5.41) is 9.18. The molecule has 254 valence electrons. The largest absolute Gasteiger partial charge is 0.456 e. The van der Waals surface area contributed by atoms with E-state index in [1.54, 1.807) is 0 Å². The zero-order chi connectivity index (χ0) is 35.6. The van der Waals surface area contributed by atoms with Crippen molar-refractivity contribution in [2.24, 2.45) is 0 Å². The van der Waals surface area contributed by atoms with Gasteiger partial charge < -0.3 is 18.6 Å². The zero-order valence-corrected chi connectivity index (χ0v) is 29.2. The Balaban J connectivity index is 1.12. The molecule has 0 aliphatic heterocycles. The van der Waals surface area contributed by atoms with Crippen LogP contribution in [0.25, 0.3) is 65.4 Å². The van der Waals surface area contributed by atoms with Crippen LogP contribution in [0.1, 0.15) is 0 Å². The molecule has 0 N–H and O–H groups in total. The summed E-state index contributed by atoms with van der Waals surface area (Å²) in [5.74, 6) is 0. The summed E-state index contributed by atoms with van der Waals surface area (Å²) in [6, 6.07) is 68.6.